The van der Waals surface area contributed by atoms with Crippen LogP contribution in [0, 0.1) is 5.92 Å². The van der Waals surface area contributed by atoms with Crippen molar-refractivity contribution in [2.75, 3.05) is 13.1 Å². The zero-order chi connectivity index (χ0) is 26.0. The van der Waals surface area contributed by atoms with Gasteiger partial charge in [-0.05, 0) is 48.2 Å². The lowest BCUT2D eigenvalue weighted by atomic mass is 9.97. The predicted octanol–water partition coefficient (Wildman–Crippen LogP) is 2.44. The van der Waals surface area contributed by atoms with Crippen LogP contribution in [0.25, 0.3) is 0 Å². The van der Waals surface area contributed by atoms with Gasteiger partial charge in [-0.1, -0.05) is 54.6 Å². The summed E-state index contributed by atoms with van der Waals surface area (Å²) in [5.41, 5.74) is 8.94. The molecule has 4 N–H and O–H groups in total. The number of hydrogen-bond donors (Lipinski definition) is 3. The Balaban J connectivity index is 1.38. The quantitative estimate of drug-likeness (QED) is 0.396. The average molecular weight is 500 g/mol. The van der Waals surface area contributed by atoms with Gasteiger partial charge in [0.05, 0.1) is 11.5 Å². The summed E-state index contributed by atoms with van der Waals surface area (Å²) < 4.78 is 0. The highest BCUT2D eigenvalue weighted by Gasteiger charge is 2.24. The summed E-state index contributed by atoms with van der Waals surface area (Å²) >= 11 is 0. The maximum absolute atomic E-state index is 13.2. The molecular weight excluding hydrogens is 466 g/mol. The number of hydrogen-bond acceptors (Lipinski definition) is 5. The van der Waals surface area contributed by atoms with Gasteiger partial charge in [-0.25, -0.2) is 0 Å². The second-order valence-corrected chi connectivity index (χ2v) is 9.47. The van der Waals surface area contributed by atoms with E-state index >= 15 is 0 Å². The predicted molar refractivity (Wildman–Crippen MR) is 141 cm³/mol. The Morgan fingerprint density at radius 2 is 1.78 bits per heavy atom. The number of carbonyl (C=O) groups is 3. The van der Waals surface area contributed by atoms with Crippen molar-refractivity contribution >= 4 is 17.7 Å². The van der Waals surface area contributed by atoms with Crippen molar-refractivity contribution in [3.05, 3.63) is 101 Å². The Kier molecular flexibility index (Phi) is 8.99. The number of nitrogens with two attached hydrogens (primary N) is 1. The third-order valence-corrected chi connectivity index (χ3v) is 6.60. The summed E-state index contributed by atoms with van der Waals surface area (Å²) in [5.74, 6) is -0.935. The summed E-state index contributed by atoms with van der Waals surface area (Å²) in [6.45, 7) is 2.67. The van der Waals surface area contributed by atoms with Crippen LogP contribution in [-0.2, 0) is 29.1 Å². The normalized spacial score (nSPS) is 16.5. The molecule has 0 radical (unpaired) electrons. The number of nitrogens with zero attached hydrogens (tertiary/aromatic N) is 2. The van der Waals surface area contributed by atoms with Crippen molar-refractivity contribution in [1.82, 2.24) is 20.5 Å². The van der Waals surface area contributed by atoms with Crippen LogP contribution in [0.15, 0.2) is 79.1 Å². The minimum Gasteiger partial charge on any atom is -0.369 e. The van der Waals surface area contributed by atoms with E-state index in [-0.39, 0.29) is 23.6 Å². The molecule has 3 aromatic rings. The van der Waals surface area contributed by atoms with Crippen LogP contribution in [0.4, 0.5) is 0 Å². The topological polar surface area (TPSA) is 117 Å². The van der Waals surface area contributed by atoms with Gasteiger partial charge in [-0.2, -0.15) is 0 Å². The van der Waals surface area contributed by atoms with Gasteiger partial charge in [0, 0.05) is 38.4 Å². The van der Waals surface area contributed by atoms with Crippen LogP contribution < -0.4 is 16.4 Å². The summed E-state index contributed by atoms with van der Waals surface area (Å²) in [4.78, 5) is 43.8. The number of primary amides is 1. The van der Waals surface area contributed by atoms with Gasteiger partial charge in [0.2, 0.25) is 11.8 Å². The van der Waals surface area contributed by atoms with E-state index in [0.717, 1.165) is 42.6 Å². The SMILES string of the molecule is NC(=O)C1CCCN(Cc2cccc(CNC(=O)C(Cc3ccccc3)NC(=O)c3cccnc3)c2)C1. The van der Waals surface area contributed by atoms with E-state index in [2.05, 4.69) is 26.6 Å². The number of piperidine rings is 1. The highest BCUT2D eigenvalue weighted by Crippen LogP contribution is 2.19. The minimum absolute atomic E-state index is 0.0975. The summed E-state index contributed by atoms with van der Waals surface area (Å²) in [6, 6.07) is 20.3. The molecule has 192 valence electrons. The number of carbonyl (C=O) groups excluding carboxylic acids is 3. The van der Waals surface area contributed by atoms with Crippen molar-refractivity contribution in [2.45, 2.75) is 38.4 Å². The van der Waals surface area contributed by atoms with E-state index in [9.17, 15) is 14.4 Å². The van der Waals surface area contributed by atoms with Crippen molar-refractivity contribution in [3.63, 3.8) is 0 Å². The van der Waals surface area contributed by atoms with Gasteiger partial charge >= 0.3 is 0 Å². The minimum atomic E-state index is -0.739. The number of pyridine rings is 1. The molecule has 37 heavy (non-hydrogen) atoms. The first-order valence-electron chi connectivity index (χ1n) is 12.6. The molecule has 4 rings (SSSR count). The van der Waals surface area contributed by atoms with E-state index < -0.39 is 6.04 Å². The number of rotatable bonds is 10. The average Bonchev–Trinajstić information content (AvgIpc) is 2.92. The molecule has 0 saturated carbocycles. The van der Waals surface area contributed by atoms with Crippen molar-refractivity contribution in [1.29, 1.82) is 0 Å². The highest BCUT2D eigenvalue weighted by atomic mass is 16.2. The van der Waals surface area contributed by atoms with E-state index in [1.165, 1.54) is 6.20 Å². The molecule has 2 atom stereocenters. The molecule has 8 heteroatoms. The number of benzene rings is 2. The molecule has 3 amide bonds. The Hall–Kier alpha value is -4.04. The molecule has 2 heterocycles. The highest BCUT2D eigenvalue weighted by molar-refractivity contribution is 5.97. The van der Waals surface area contributed by atoms with E-state index in [1.54, 1.807) is 18.3 Å². The van der Waals surface area contributed by atoms with Gasteiger partial charge in [0.25, 0.3) is 5.91 Å². The molecule has 1 aliphatic rings. The van der Waals surface area contributed by atoms with Gasteiger partial charge in [-0.3, -0.25) is 24.3 Å². The molecule has 8 nitrogen and oxygen atoms in total. The standard InChI is InChI=1S/C29H33N5O3/c30-27(35)25-12-6-14-34(20-25)19-23-10-4-9-22(15-23)17-32-29(37)26(16-21-7-2-1-3-8-21)33-28(36)24-11-5-13-31-18-24/h1-5,7-11,13,15,18,25-26H,6,12,14,16-17,19-20H2,(H2,30,35)(H,32,37)(H,33,36). The fourth-order valence-corrected chi connectivity index (χ4v) is 4.64. The fraction of sp³-hybridized carbons (Fsp3) is 0.310. The molecular formula is C29H33N5O3. The maximum atomic E-state index is 13.2. The Morgan fingerprint density at radius 3 is 2.54 bits per heavy atom. The zero-order valence-corrected chi connectivity index (χ0v) is 20.8. The monoisotopic (exact) mass is 499 g/mol. The Morgan fingerprint density at radius 1 is 1.00 bits per heavy atom. The largest absolute Gasteiger partial charge is 0.369 e. The third-order valence-electron chi connectivity index (χ3n) is 6.60. The Labute approximate surface area is 217 Å². The number of likely N-dealkylation sites (tertiary alicyclic amines) is 1. The van der Waals surface area contributed by atoms with Crippen LogP contribution in [0.2, 0.25) is 0 Å². The van der Waals surface area contributed by atoms with Crippen LogP contribution in [0.5, 0.6) is 0 Å². The van der Waals surface area contributed by atoms with Gasteiger partial charge in [-0.15, -0.1) is 0 Å². The van der Waals surface area contributed by atoms with Gasteiger partial charge in [0.15, 0.2) is 0 Å². The molecule has 0 spiro atoms. The molecule has 1 aliphatic heterocycles. The summed E-state index contributed by atoms with van der Waals surface area (Å²) in [5, 5.41) is 5.85. The lowest BCUT2D eigenvalue weighted by Gasteiger charge is -2.31. The lowest BCUT2D eigenvalue weighted by molar-refractivity contribution is -0.124. The fourth-order valence-electron chi connectivity index (χ4n) is 4.64. The maximum Gasteiger partial charge on any atom is 0.253 e. The first-order valence-corrected chi connectivity index (χ1v) is 12.6. The lowest BCUT2D eigenvalue weighted by Crippen LogP contribution is -2.47. The van der Waals surface area contributed by atoms with Crippen molar-refractivity contribution in [2.24, 2.45) is 11.7 Å². The second kappa shape index (κ2) is 12.8. The summed E-state index contributed by atoms with van der Waals surface area (Å²) in [7, 11) is 0. The molecule has 2 aromatic carbocycles. The van der Waals surface area contributed by atoms with Crippen LogP contribution >= 0.6 is 0 Å². The van der Waals surface area contributed by atoms with Crippen molar-refractivity contribution in [3.8, 4) is 0 Å². The van der Waals surface area contributed by atoms with E-state index in [0.29, 0.717) is 25.1 Å². The Bertz CT molecular complexity index is 1200. The van der Waals surface area contributed by atoms with E-state index in [4.69, 9.17) is 5.73 Å². The van der Waals surface area contributed by atoms with Crippen molar-refractivity contribution < 1.29 is 14.4 Å². The number of nitrogens with one attached hydrogen (secondary N) is 2. The molecule has 1 saturated heterocycles. The van der Waals surface area contributed by atoms with E-state index in [1.807, 2.05) is 48.5 Å². The molecule has 0 aliphatic carbocycles. The molecule has 1 fully saturated rings. The van der Waals surface area contributed by atoms with Gasteiger partial charge < -0.3 is 16.4 Å². The summed E-state index contributed by atoms with van der Waals surface area (Å²) in [6.07, 6.45) is 5.25. The first-order chi connectivity index (χ1) is 18.0. The second-order valence-electron chi connectivity index (χ2n) is 9.47. The number of amides is 3. The van der Waals surface area contributed by atoms with Crippen LogP contribution in [0.3, 0.4) is 0 Å². The molecule has 1 aromatic heterocycles. The smallest absolute Gasteiger partial charge is 0.253 e. The van der Waals surface area contributed by atoms with Crippen LogP contribution in [0.1, 0.15) is 39.9 Å². The molecule has 2 unspecified atom stereocenters. The first kappa shape index (κ1) is 26.0. The molecule has 0 bridgehead atoms. The third kappa shape index (κ3) is 7.72. The number of aromatic nitrogens is 1. The van der Waals surface area contributed by atoms with Crippen LogP contribution in [-0.4, -0.2) is 46.7 Å². The zero-order valence-electron chi connectivity index (χ0n) is 20.8. The van der Waals surface area contributed by atoms with Gasteiger partial charge in [0.1, 0.15) is 6.04 Å².